The summed E-state index contributed by atoms with van der Waals surface area (Å²) in [5.41, 5.74) is 0.847. The summed E-state index contributed by atoms with van der Waals surface area (Å²) in [7, 11) is 0. The highest BCUT2D eigenvalue weighted by Gasteiger charge is 1.98. The van der Waals surface area contributed by atoms with Crippen molar-refractivity contribution in [1.29, 1.82) is 0 Å². The third kappa shape index (κ3) is 2.30. The largest absolute Gasteiger partial charge is 0.330 e. The molecule has 14 heavy (non-hydrogen) atoms. The number of hydrogen-bond donors (Lipinski definition) is 0. The van der Waals surface area contributed by atoms with Crippen molar-refractivity contribution in [3.8, 4) is 0 Å². The van der Waals surface area contributed by atoms with Crippen molar-refractivity contribution >= 4 is 27.5 Å². The molecule has 0 spiro atoms. The fourth-order valence-corrected chi connectivity index (χ4v) is 1.49. The quantitative estimate of drug-likeness (QED) is 0.842. The number of nitrogens with zero attached hydrogens (tertiary/aromatic N) is 4. The molecule has 4 nitrogen and oxygen atoms in total. The Hall–Kier alpha value is -0.940. The van der Waals surface area contributed by atoms with Gasteiger partial charge in [-0.15, -0.1) is 5.10 Å². The average molecular weight is 274 g/mol. The molecule has 2 rings (SSSR count). The summed E-state index contributed by atoms with van der Waals surface area (Å²) in [5.74, 6) is 0. The lowest BCUT2D eigenvalue weighted by molar-refractivity contribution is 0.752. The molecule has 2 aromatic rings. The SMILES string of the molecule is Clc1ccc(Cn2cnc(Br)c2)nn1. The zero-order valence-corrected chi connectivity index (χ0v) is 9.40. The topological polar surface area (TPSA) is 43.6 Å². The van der Waals surface area contributed by atoms with Crippen LogP contribution in [0.1, 0.15) is 5.69 Å². The smallest absolute Gasteiger partial charge is 0.151 e. The predicted molar refractivity (Wildman–Crippen MR) is 56.1 cm³/mol. The van der Waals surface area contributed by atoms with Crippen molar-refractivity contribution in [2.24, 2.45) is 0 Å². The van der Waals surface area contributed by atoms with E-state index in [2.05, 4.69) is 31.1 Å². The van der Waals surface area contributed by atoms with Crippen LogP contribution < -0.4 is 0 Å². The van der Waals surface area contributed by atoms with Gasteiger partial charge in [0.2, 0.25) is 0 Å². The first-order chi connectivity index (χ1) is 6.74. The second kappa shape index (κ2) is 4.06. The van der Waals surface area contributed by atoms with Gasteiger partial charge in [0.15, 0.2) is 5.15 Å². The first-order valence-electron chi connectivity index (χ1n) is 3.89. The number of aromatic nitrogens is 4. The van der Waals surface area contributed by atoms with E-state index in [9.17, 15) is 0 Å². The van der Waals surface area contributed by atoms with E-state index < -0.39 is 0 Å². The van der Waals surface area contributed by atoms with E-state index in [1.165, 1.54) is 0 Å². The van der Waals surface area contributed by atoms with Crippen molar-refractivity contribution in [2.45, 2.75) is 6.54 Å². The van der Waals surface area contributed by atoms with Crippen molar-refractivity contribution in [2.75, 3.05) is 0 Å². The molecule has 0 fully saturated rings. The highest BCUT2D eigenvalue weighted by molar-refractivity contribution is 9.10. The van der Waals surface area contributed by atoms with Crippen LogP contribution in [0.25, 0.3) is 0 Å². The van der Waals surface area contributed by atoms with Crippen molar-refractivity contribution in [3.05, 3.63) is 40.1 Å². The molecule has 0 aliphatic heterocycles. The molecule has 0 aliphatic rings. The van der Waals surface area contributed by atoms with E-state index >= 15 is 0 Å². The van der Waals surface area contributed by atoms with Crippen LogP contribution in [0.3, 0.4) is 0 Å². The van der Waals surface area contributed by atoms with Crippen LogP contribution in [-0.4, -0.2) is 19.7 Å². The maximum absolute atomic E-state index is 5.62. The fourth-order valence-electron chi connectivity index (χ4n) is 1.03. The molecule has 72 valence electrons. The maximum Gasteiger partial charge on any atom is 0.151 e. The lowest BCUT2D eigenvalue weighted by atomic mass is 10.4. The third-order valence-corrected chi connectivity index (χ3v) is 2.24. The highest BCUT2D eigenvalue weighted by Crippen LogP contribution is 2.07. The number of rotatable bonds is 2. The van der Waals surface area contributed by atoms with Gasteiger partial charge in [-0.25, -0.2) is 4.98 Å². The Bertz CT molecular complexity index is 425. The summed E-state index contributed by atoms with van der Waals surface area (Å²) in [6, 6.07) is 3.55. The monoisotopic (exact) mass is 272 g/mol. The van der Waals surface area contributed by atoms with Gasteiger partial charge in [-0.3, -0.25) is 0 Å². The summed E-state index contributed by atoms with van der Waals surface area (Å²) < 4.78 is 2.71. The molecule has 2 aromatic heterocycles. The molecule has 0 saturated heterocycles. The Morgan fingerprint density at radius 2 is 2.21 bits per heavy atom. The van der Waals surface area contributed by atoms with Crippen LogP contribution in [0.5, 0.6) is 0 Å². The minimum atomic E-state index is 0.403. The van der Waals surface area contributed by atoms with Gasteiger partial charge in [-0.05, 0) is 28.1 Å². The zero-order valence-electron chi connectivity index (χ0n) is 7.06. The van der Waals surface area contributed by atoms with Crippen LogP contribution >= 0.6 is 27.5 Å². The van der Waals surface area contributed by atoms with Crippen LogP contribution in [0.4, 0.5) is 0 Å². The van der Waals surface area contributed by atoms with Gasteiger partial charge in [-0.1, -0.05) is 11.6 Å². The lowest BCUT2D eigenvalue weighted by Crippen LogP contribution is -2.00. The van der Waals surface area contributed by atoms with Crippen molar-refractivity contribution in [3.63, 3.8) is 0 Å². The summed E-state index contributed by atoms with van der Waals surface area (Å²) in [5, 5.41) is 8.09. The van der Waals surface area contributed by atoms with Crippen LogP contribution in [-0.2, 0) is 6.54 Å². The van der Waals surface area contributed by atoms with Gasteiger partial charge in [0.25, 0.3) is 0 Å². The Balaban J connectivity index is 2.15. The summed E-state index contributed by atoms with van der Waals surface area (Å²) in [6.07, 6.45) is 3.59. The number of hydrogen-bond acceptors (Lipinski definition) is 3. The number of halogens is 2. The Morgan fingerprint density at radius 3 is 2.79 bits per heavy atom. The summed E-state index contributed by atoms with van der Waals surface area (Å²) >= 11 is 8.89. The highest BCUT2D eigenvalue weighted by atomic mass is 79.9. The zero-order chi connectivity index (χ0) is 9.97. The molecule has 0 aromatic carbocycles. The molecule has 0 aliphatic carbocycles. The van der Waals surface area contributed by atoms with E-state index in [1.54, 1.807) is 12.4 Å². The summed E-state index contributed by atoms with van der Waals surface area (Å²) in [4.78, 5) is 4.04. The van der Waals surface area contributed by atoms with E-state index in [4.69, 9.17) is 11.6 Å². The molecule has 0 N–H and O–H groups in total. The molecular weight excluding hydrogens is 267 g/mol. The Labute approximate surface area is 94.1 Å². The predicted octanol–water partition coefficient (Wildman–Crippen LogP) is 2.14. The third-order valence-electron chi connectivity index (χ3n) is 1.63. The molecule has 0 amide bonds. The normalized spacial score (nSPS) is 10.4. The van der Waals surface area contributed by atoms with Crippen molar-refractivity contribution in [1.82, 2.24) is 19.7 Å². The van der Waals surface area contributed by atoms with E-state index in [0.717, 1.165) is 10.3 Å². The molecule has 0 atom stereocenters. The maximum atomic E-state index is 5.62. The first kappa shape index (κ1) is 9.61. The average Bonchev–Trinajstić information content (AvgIpc) is 2.56. The molecular formula is C8H6BrClN4. The molecule has 6 heteroatoms. The van der Waals surface area contributed by atoms with Crippen molar-refractivity contribution < 1.29 is 0 Å². The van der Waals surface area contributed by atoms with Gasteiger partial charge < -0.3 is 4.57 Å². The molecule has 0 radical (unpaired) electrons. The fraction of sp³-hybridized carbons (Fsp3) is 0.125. The standard InChI is InChI=1S/C8H6BrClN4/c9-7-4-14(5-11-7)3-6-1-2-8(10)13-12-6/h1-2,4-5H,3H2. The van der Waals surface area contributed by atoms with Gasteiger partial charge in [-0.2, -0.15) is 5.10 Å². The summed E-state index contributed by atoms with van der Waals surface area (Å²) in [6.45, 7) is 0.642. The Morgan fingerprint density at radius 1 is 1.36 bits per heavy atom. The van der Waals surface area contributed by atoms with Gasteiger partial charge in [0.1, 0.15) is 4.60 Å². The van der Waals surface area contributed by atoms with E-state index in [0.29, 0.717) is 11.7 Å². The second-order valence-electron chi connectivity index (χ2n) is 2.72. The van der Waals surface area contributed by atoms with Gasteiger partial charge >= 0.3 is 0 Å². The van der Waals surface area contributed by atoms with E-state index in [1.807, 2.05) is 16.8 Å². The second-order valence-corrected chi connectivity index (χ2v) is 3.92. The Kier molecular flexibility index (Phi) is 2.79. The van der Waals surface area contributed by atoms with E-state index in [-0.39, 0.29) is 0 Å². The minimum Gasteiger partial charge on any atom is -0.330 e. The van der Waals surface area contributed by atoms with Crippen LogP contribution in [0, 0.1) is 0 Å². The van der Waals surface area contributed by atoms with Crippen LogP contribution in [0.2, 0.25) is 5.15 Å². The molecule has 0 bridgehead atoms. The molecule has 2 heterocycles. The lowest BCUT2D eigenvalue weighted by Gasteiger charge is -1.99. The van der Waals surface area contributed by atoms with Crippen LogP contribution in [0.15, 0.2) is 29.3 Å². The first-order valence-corrected chi connectivity index (χ1v) is 5.06. The van der Waals surface area contributed by atoms with Gasteiger partial charge in [0.05, 0.1) is 18.6 Å². The minimum absolute atomic E-state index is 0.403. The molecule has 0 unspecified atom stereocenters. The molecule has 0 saturated carbocycles. The van der Waals surface area contributed by atoms with Gasteiger partial charge in [0, 0.05) is 6.20 Å². The number of imidazole rings is 1.